The van der Waals surface area contributed by atoms with Gasteiger partial charge in [-0.1, -0.05) is 13.3 Å². The van der Waals surface area contributed by atoms with Gasteiger partial charge in [-0.25, -0.2) is 0 Å². The van der Waals surface area contributed by atoms with E-state index in [1.165, 1.54) is 0 Å². The maximum atomic E-state index is 11.4. The van der Waals surface area contributed by atoms with Crippen molar-refractivity contribution >= 4 is 23.2 Å². The molecule has 0 rings (SSSR count). The van der Waals surface area contributed by atoms with E-state index in [1.54, 1.807) is 11.9 Å². The number of thiocarbonyl (C=S) groups is 1. The van der Waals surface area contributed by atoms with E-state index in [-0.39, 0.29) is 12.5 Å². The molecule has 0 aliphatic rings. The third-order valence-corrected chi connectivity index (χ3v) is 2.40. The molecule has 0 bridgehead atoms. The highest BCUT2D eigenvalue weighted by Gasteiger charge is 2.05. The molecule has 0 spiro atoms. The van der Waals surface area contributed by atoms with E-state index in [0.29, 0.717) is 5.11 Å². The molecule has 4 nitrogen and oxygen atoms in total. The molecule has 0 aromatic rings. The van der Waals surface area contributed by atoms with Crippen LogP contribution < -0.4 is 10.6 Å². The summed E-state index contributed by atoms with van der Waals surface area (Å²) < 4.78 is 0. The number of carbonyl (C=O) groups is 1. The summed E-state index contributed by atoms with van der Waals surface area (Å²) in [4.78, 5) is 13.0. The Kier molecular flexibility index (Phi) is 7.99. The van der Waals surface area contributed by atoms with Crippen molar-refractivity contribution in [3.05, 3.63) is 0 Å². The van der Waals surface area contributed by atoms with E-state index in [1.807, 2.05) is 6.92 Å². The highest BCUT2D eigenvalue weighted by atomic mass is 32.1. The summed E-state index contributed by atoms with van der Waals surface area (Å²) in [5, 5.41) is 6.49. The fraction of sp³-hybridized carbons (Fsp3) is 0.800. The van der Waals surface area contributed by atoms with E-state index in [0.717, 1.165) is 25.9 Å². The normalized spacial score (nSPS) is 9.53. The molecular formula is C10H21N3OS. The minimum atomic E-state index is 0.0529. The van der Waals surface area contributed by atoms with Crippen molar-refractivity contribution in [2.45, 2.75) is 26.7 Å². The first-order valence-electron chi connectivity index (χ1n) is 5.37. The molecule has 88 valence electrons. The average molecular weight is 231 g/mol. The van der Waals surface area contributed by atoms with Gasteiger partial charge in [0.25, 0.3) is 0 Å². The van der Waals surface area contributed by atoms with Crippen molar-refractivity contribution in [1.29, 1.82) is 0 Å². The number of amides is 1. The van der Waals surface area contributed by atoms with Crippen molar-refractivity contribution in [2.24, 2.45) is 0 Å². The highest BCUT2D eigenvalue weighted by molar-refractivity contribution is 7.80. The van der Waals surface area contributed by atoms with Gasteiger partial charge in [0.15, 0.2) is 5.11 Å². The van der Waals surface area contributed by atoms with Gasteiger partial charge in [0.2, 0.25) is 5.91 Å². The lowest BCUT2D eigenvalue weighted by atomic mass is 10.3. The van der Waals surface area contributed by atoms with Crippen LogP contribution in [0, 0.1) is 0 Å². The summed E-state index contributed by atoms with van der Waals surface area (Å²) in [7, 11) is 1.78. The Morgan fingerprint density at radius 2 is 2.00 bits per heavy atom. The molecule has 1 amide bonds. The molecule has 0 fully saturated rings. The number of unbranched alkanes of at least 4 members (excludes halogenated alkanes) is 1. The van der Waals surface area contributed by atoms with Crippen LogP contribution in [0.3, 0.4) is 0 Å². The summed E-state index contributed by atoms with van der Waals surface area (Å²) in [6, 6.07) is 0. The van der Waals surface area contributed by atoms with Crippen LogP contribution in [0.2, 0.25) is 0 Å². The van der Waals surface area contributed by atoms with Gasteiger partial charge in [0.05, 0.1) is 6.54 Å². The molecule has 0 aliphatic heterocycles. The summed E-state index contributed by atoms with van der Waals surface area (Å²) in [5.41, 5.74) is 0. The second-order valence-electron chi connectivity index (χ2n) is 3.37. The molecule has 0 aliphatic carbocycles. The Morgan fingerprint density at radius 1 is 1.33 bits per heavy atom. The quantitative estimate of drug-likeness (QED) is 0.522. The second kappa shape index (κ2) is 8.47. The van der Waals surface area contributed by atoms with Crippen LogP contribution in [0.4, 0.5) is 0 Å². The van der Waals surface area contributed by atoms with Crippen LogP contribution in [0.25, 0.3) is 0 Å². The van der Waals surface area contributed by atoms with Gasteiger partial charge in [-0.05, 0) is 25.6 Å². The summed E-state index contributed by atoms with van der Waals surface area (Å²) in [6.07, 6.45) is 2.22. The number of rotatable bonds is 6. The topological polar surface area (TPSA) is 44.4 Å². The lowest BCUT2D eigenvalue weighted by Crippen LogP contribution is -2.42. The Labute approximate surface area is 97.4 Å². The zero-order chi connectivity index (χ0) is 11.7. The monoisotopic (exact) mass is 231 g/mol. The van der Waals surface area contributed by atoms with Crippen molar-refractivity contribution in [3.63, 3.8) is 0 Å². The van der Waals surface area contributed by atoms with Crippen LogP contribution in [0.1, 0.15) is 26.7 Å². The Bertz CT molecular complexity index is 209. The minimum absolute atomic E-state index is 0.0529. The molecule has 5 heteroatoms. The fourth-order valence-electron chi connectivity index (χ4n) is 0.908. The molecule has 2 N–H and O–H groups in total. The van der Waals surface area contributed by atoms with E-state index >= 15 is 0 Å². The largest absolute Gasteiger partial charge is 0.363 e. The maximum Gasteiger partial charge on any atom is 0.241 e. The molecule has 0 saturated carbocycles. The number of hydrogen-bond acceptors (Lipinski definition) is 2. The van der Waals surface area contributed by atoms with Crippen LogP contribution in [-0.4, -0.2) is 42.6 Å². The second-order valence-corrected chi connectivity index (χ2v) is 3.78. The first-order valence-corrected chi connectivity index (χ1v) is 5.78. The first-order chi connectivity index (χ1) is 7.11. The number of carbonyl (C=O) groups excluding carboxylic acids is 1. The molecule has 0 atom stereocenters. The standard InChI is InChI=1S/C10H21N3OS/c1-4-6-7-11-10(15)12-8-9(14)13(3)5-2/h4-8H2,1-3H3,(H2,11,12,15). The zero-order valence-corrected chi connectivity index (χ0v) is 10.6. The van der Waals surface area contributed by atoms with E-state index in [9.17, 15) is 4.79 Å². The maximum absolute atomic E-state index is 11.4. The number of likely N-dealkylation sites (N-methyl/N-ethyl adjacent to an activating group) is 1. The Morgan fingerprint density at radius 3 is 2.53 bits per heavy atom. The third kappa shape index (κ3) is 7.13. The van der Waals surface area contributed by atoms with E-state index in [4.69, 9.17) is 12.2 Å². The van der Waals surface area contributed by atoms with Gasteiger partial charge in [0.1, 0.15) is 0 Å². The molecule has 0 aromatic carbocycles. The molecule has 0 heterocycles. The minimum Gasteiger partial charge on any atom is -0.363 e. The van der Waals surface area contributed by atoms with Crippen molar-refractivity contribution in [3.8, 4) is 0 Å². The third-order valence-electron chi connectivity index (χ3n) is 2.12. The van der Waals surface area contributed by atoms with Crippen molar-refractivity contribution in [1.82, 2.24) is 15.5 Å². The lowest BCUT2D eigenvalue weighted by Gasteiger charge is -2.16. The van der Waals surface area contributed by atoms with Crippen molar-refractivity contribution < 1.29 is 4.79 Å². The van der Waals surface area contributed by atoms with Crippen LogP contribution in [0.5, 0.6) is 0 Å². The Balaban J connectivity index is 3.57. The lowest BCUT2D eigenvalue weighted by molar-refractivity contribution is -0.128. The van der Waals surface area contributed by atoms with Crippen LogP contribution in [0.15, 0.2) is 0 Å². The smallest absolute Gasteiger partial charge is 0.241 e. The highest BCUT2D eigenvalue weighted by Crippen LogP contribution is 1.84. The van der Waals surface area contributed by atoms with Gasteiger partial charge < -0.3 is 15.5 Å². The summed E-state index contributed by atoms with van der Waals surface area (Å²) >= 11 is 5.02. The van der Waals surface area contributed by atoms with E-state index in [2.05, 4.69) is 17.6 Å². The molecular weight excluding hydrogens is 210 g/mol. The average Bonchev–Trinajstić information content (AvgIpc) is 2.25. The number of nitrogens with one attached hydrogen (secondary N) is 2. The zero-order valence-electron chi connectivity index (χ0n) is 9.80. The van der Waals surface area contributed by atoms with Crippen LogP contribution in [-0.2, 0) is 4.79 Å². The SMILES string of the molecule is CCCCNC(=S)NCC(=O)N(C)CC. The molecule has 0 saturated heterocycles. The molecule has 0 unspecified atom stereocenters. The molecule has 0 radical (unpaired) electrons. The van der Waals surface area contributed by atoms with Crippen molar-refractivity contribution in [2.75, 3.05) is 26.7 Å². The Hall–Kier alpha value is -0.840. The van der Waals surface area contributed by atoms with Gasteiger partial charge in [-0.3, -0.25) is 4.79 Å². The van der Waals surface area contributed by atoms with Gasteiger partial charge in [-0.2, -0.15) is 0 Å². The predicted molar refractivity (Wildman–Crippen MR) is 66.8 cm³/mol. The molecule has 0 aromatic heterocycles. The van der Waals surface area contributed by atoms with Gasteiger partial charge >= 0.3 is 0 Å². The summed E-state index contributed by atoms with van der Waals surface area (Å²) in [5.74, 6) is 0.0529. The predicted octanol–water partition coefficient (Wildman–Crippen LogP) is 0.729. The number of nitrogens with zero attached hydrogens (tertiary/aromatic N) is 1. The fourth-order valence-corrected chi connectivity index (χ4v) is 1.08. The van der Waals surface area contributed by atoms with Gasteiger partial charge in [0, 0.05) is 20.1 Å². The van der Waals surface area contributed by atoms with Crippen LogP contribution >= 0.6 is 12.2 Å². The molecule has 15 heavy (non-hydrogen) atoms. The van der Waals surface area contributed by atoms with Gasteiger partial charge in [-0.15, -0.1) is 0 Å². The first kappa shape index (κ1) is 14.2. The van der Waals surface area contributed by atoms with E-state index < -0.39 is 0 Å². The number of hydrogen-bond donors (Lipinski definition) is 2. The summed E-state index contributed by atoms with van der Waals surface area (Å²) in [6.45, 7) is 5.91.